The number of benzene rings is 1. The fourth-order valence-electron chi connectivity index (χ4n) is 3.62. The van der Waals surface area contributed by atoms with Gasteiger partial charge in [0.05, 0.1) is 24.7 Å². The second-order valence-electron chi connectivity index (χ2n) is 7.58. The lowest BCUT2D eigenvalue weighted by molar-refractivity contribution is -0.167. The summed E-state index contributed by atoms with van der Waals surface area (Å²) in [6.07, 6.45) is 4.66. The molecule has 0 N–H and O–H groups in total. The standard InChI is InChI=1S/C21H32O3/c1-5-12-21(20(22)24-14-16(2)3)13-6-7-19(21)23-15-18-10-8-17(4)9-11-18/h8-11,16,19H,5-7,12-15H2,1-4H3. The first-order valence-electron chi connectivity index (χ1n) is 9.32. The molecule has 0 heterocycles. The maximum Gasteiger partial charge on any atom is 0.314 e. The van der Waals surface area contributed by atoms with E-state index >= 15 is 0 Å². The molecule has 0 saturated heterocycles. The summed E-state index contributed by atoms with van der Waals surface area (Å²) >= 11 is 0. The van der Waals surface area contributed by atoms with E-state index in [9.17, 15) is 4.79 Å². The number of aryl methyl sites for hydroxylation is 1. The van der Waals surface area contributed by atoms with Crippen molar-refractivity contribution in [2.75, 3.05) is 6.61 Å². The monoisotopic (exact) mass is 332 g/mol. The van der Waals surface area contributed by atoms with Crippen molar-refractivity contribution in [3.05, 3.63) is 35.4 Å². The molecule has 134 valence electrons. The molecule has 1 aromatic rings. The number of hydrogen-bond donors (Lipinski definition) is 0. The van der Waals surface area contributed by atoms with Gasteiger partial charge in [-0.05, 0) is 44.1 Å². The van der Waals surface area contributed by atoms with Crippen LogP contribution in [0, 0.1) is 18.3 Å². The van der Waals surface area contributed by atoms with Crippen molar-refractivity contribution in [1.29, 1.82) is 0 Å². The van der Waals surface area contributed by atoms with Crippen LogP contribution in [0.3, 0.4) is 0 Å². The summed E-state index contributed by atoms with van der Waals surface area (Å²) in [6, 6.07) is 8.40. The largest absolute Gasteiger partial charge is 0.465 e. The summed E-state index contributed by atoms with van der Waals surface area (Å²) in [5.74, 6) is 0.311. The first-order chi connectivity index (χ1) is 11.5. The van der Waals surface area contributed by atoms with Crippen LogP contribution in [0.15, 0.2) is 24.3 Å². The quantitative estimate of drug-likeness (QED) is 0.625. The third-order valence-electron chi connectivity index (χ3n) is 4.93. The number of hydrogen-bond acceptors (Lipinski definition) is 3. The molecule has 3 heteroatoms. The van der Waals surface area contributed by atoms with Crippen LogP contribution < -0.4 is 0 Å². The fraction of sp³-hybridized carbons (Fsp3) is 0.667. The van der Waals surface area contributed by atoms with Crippen molar-refractivity contribution in [1.82, 2.24) is 0 Å². The van der Waals surface area contributed by atoms with Crippen LogP contribution >= 0.6 is 0 Å². The van der Waals surface area contributed by atoms with E-state index in [1.807, 2.05) is 0 Å². The first-order valence-corrected chi connectivity index (χ1v) is 9.32. The third-order valence-corrected chi connectivity index (χ3v) is 4.93. The predicted molar refractivity (Wildman–Crippen MR) is 96.7 cm³/mol. The number of esters is 1. The summed E-state index contributed by atoms with van der Waals surface area (Å²) < 4.78 is 11.8. The van der Waals surface area contributed by atoms with Crippen molar-refractivity contribution in [2.24, 2.45) is 11.3 Å². The Kier molecular flexibility index (Phi) is 6.85. The molecule has 1 fully saturated rings. The molecule has 0 spiro atoms. The molecule has 1 aliphatic rings. The van der Waals surface area contributed by atoms with Crippen molar-refractivity contribution in [2.45, 2.75) is 72.5 Å². The molecule has 0 bridgehead atoms. The molecule has 0 aromatic heterocycles. The van der Waals surface area contributed by atoms with Crippen molar-refractivity contribution in [3.63, 3.8) is 0 Å². The Bertz CT molecular complexity index is 520. The minimum atomic E-state index is -0.450. The highest BCUT2D eigenvalue weighted by atomic mass is 16.5. The summed E-state index contributed by atoms with van der Waals surface area (Å²) in [5, 5.41) is 0. The van der Waals surface area contributed by atoms with Crippen LogP contribution in [0.4, 0.5) is 0 Å². The van der Waals surface area contributed by atoms with Gasteiger partial charge in [0.15, 0.2) is 0 Å². The van der Waals surface area contributed by atoms with Crippen LogP contribution in [-0.2, 0) is 20.9 Å². The maximum atomic E-state index is 12.8. The number of carbonyl (C=O) groups excluding carboxylic acids is 1. The van der Waals surface area contributed by atoms with E-state index in [0.717, 1.165) is 37.7 Å². The third kappa shape index (κ3) is 4.60. The Morgan fingerprint density at radius 2 is 2.00 bits per heavy atom. The zero-order chi connectivity index (χ0) is 17.6. The van der Waals surface area contributed by atoms with Gasteiger partial charge in [-0.3, -0.25) is 4.79 Å². The molecule has 1 aliphatic carbocycles. The second kappa shape index (κ2) is 8.66. The minimum Gasteiger partial charge on any atom is -0.465 e. The van der Waals surface area contributed by atoms with Gasteiger partial charge in [0.25, 0.3) is 0 Å². The number of rotatable bonds is 8. The lowest BCUT2D eigenvalue weighted by Gasteiger charge is -2.33. The molecule has 2 atom stereocenters. The minimum absolute atomic E-state index is 0.0292. The molecule has 24 heavy (non-hydrogen) atoms. The van der Waals surface area contributed by atoms with E-state index < -0.39 is 5.41 Å². The Morgan fingerprint density at radius 3 is 2.62 bits per heavy atom. The van der Waals surface area contributed by atoms with Gasteiger partial charge in [0.1, 0.15) is 0 Å². The SMILES string of the molecule is CCCC1(C(=O)OCC(C)C)CCCC1OCc1ccc(C)cc1. The van der Waals surface area contributed by atoms with Crippen LogP contribution in [0.2, 0.25) is 0 Å². The zero-order valence-electron chi connectivity index (χ0n) is 15.6. The summed E-state index contributed by atoms with van der Waals surface area (Å²) in [5.41, 5.74) is 1.96. The molecular formula is C21H32O3. The number of ether oxygens (including phenoxy) is 2. The number of carbonyl (C=O) groups is 1. The Morgan fingerprint density at radius 1 is 1.29 bits per heavy atom. The van der Waals surface area contributed by atoms with E-state index in [0.29, 0.717) is 19.1 Å². The zero-order valence-corrected chi connectivity index (χ0v) is 15.6. The van der Waals surface area contributed by atoms with E-state index in [-0.39, 0.29) is 12.1 Å². The van der Waals surface area contributed by atoms with Gasteiger partial charge in [-0.15, -0.1) is 0 Å². The Balaban J connectivity index is 2.05. The van der Waals surface area contributed by atoms with E-state index in [2.05, 4.69) is 52.0 Å². The van der Waals surface area contributed by atoms with Crippen LogP contribution in [0.25, 0.3) is 0 Å². The van der Waals surface area contributed by atoms with E-state index in [4.69, 9.17) is 9.47 Å². The maximum absolute atomic E-state index is 12.8. The summed E-state index contributed by atoms with van der Waals surface area (Å²) in [7, 11) is 0. The highest BCUT2D eigenvalue weighted by Crippen LogP contribution is 2.45. The molecular weight excluding hydrogens is 300 g/mol. The van der Waals surface area contributed by atoms with Crippen LogP contribution in [-0.4, -0.2) is 18.7 Å². The predicted octanol–water partition coefficient (Wildman–Crippen LogP) is 5.05. The van der Waals surface area contributed by atoms with E-state index in [1.54, 1.807) is 0 Å². The van der Waals surface area contributed by atoms with Crippen LogP contribution in [0.1, 0.15) is 64.0 Å². The molecule has 0 aliphatic heterocycles. The second-order valence-corrected chi connectivity index (χ2v) is 7.58. The molecule has 2 unspecified atom stereocenters. The molecule has 1 saturated carbocycles. The van der Waals surface area contributed by atoms with Crippen molar-refractivity contribution >= 4 is 5.97 Å². The van der Waals surface area contributed by atoms with Gasteiger partial charge in [-0.1, -0.05) is 57.0 Å². The van der Waals surface area contributed by atoms with Gasteiger partial charge in [0.2, 0.25) is 0 Å². The Labute approximate surface area is 146 Å². The smallest absolute Gasteiger partial charge is 0.314 e. The van der Waals surface area contributed by atoms with Gasteiger partial charge in [0, 0.05) is 0 Å². The summed E-state index contributed by atoms with van der Waals surface area (Å²) in [6.45, 7) is 9.41. The normalized spacial score (nSPS) is 23.6. The van der Waals surface area contributed by atoms with Crippen molar-refractivity contribution < 1.29 is 14.3 Å². The van der Waals surface area contributed by atoms with Gasteiger partial charge in [-0.25, -0.2) is 0 Å². The van der Waals surface area contributed by atoms with Crippen molar-refractivity contribution in [3.8, 4) is 0 Å². The molecule has 0 radical (unpaired) electrons. The average Bonchev–Trinajstić information content (AvgIpc) is 2.96. The van der Waals surface area contributed by atoms with Gasteiger partial charge >= 0.3 is 5.97 Å². The topological polar surface area (TPSA) is 35.5 Å². The lowest BCUT2D eigenvalue weighted by atomic mass is 9.79. The van der Waals surface area contributed by atoms with Gasteiger partial charge in [-0.2, -0.15) is 0 Å². The fourth-order valence-corrected chi connectivity index (χ4v) is 3.62. The highest BCUT2D eigenvalue weighted by Gasteiger charge is 2.50. The molecule has 0 amide bonds. The molecule has 3 nitrogen and oxygen atoms in total. The molecule has 1 aromatic carbocycles. The molecule has 2 rings (SSSR count). The highest BCUT2D eigenvalue weighted by molar-refractivity contribution is 5.78. The Hall–Kier alpha value is -1.35. The van der Waals surface area contributed by atoms with E-state index in [1.165, 1.54) is 5.56 Å². The average molecular weight is 332 g/mol. The lowest BCUT2D eigenvalue weighted by Crippen LogP contribution is -2.41. The van der Waals surface area contributed by atoms with Gasteiger partial charge < -0.3 is 9.47 Å². The first kappa shape index (κ1) is 19.0. The van der Waals surface area contributed by atoms with Crippen LogP contribution in [0.5, 0.6) is 0 Å². The summed E-state index contributed by atoms with van der Waals surface area (Å²) in [4.78, 5) is 12.8.